The molecule has 7 heteroatoms. The molecule has 0 saturated carbocycles. The van der Waals surface area contributed by atoms with Crippen LogP contribution in [0, 0.1) is 0 Å². The standard InChI is InChI=1S/C17H18N2O4S/c1-2-21-17(20)16-18-13(12-24-16)9-19(10-14-5-3-7-22-14)11-15-6-4-8-23-15/h3-8,12H,2,9-11H2,1H3. The molecule has 3 heterocycles. The van der Waals surface area contributed by atoms with Gasteiger partial charge < -0.3 is 13.6 Å². The van der Waals surface area contributed by atoms with Crippen LogP contribution in [-0.4, -0.2) is 22.5 Å². The Balaban J connectivity index is 1.69. The zero-order chi connectivity index (χ0) is 16.8. The molecule has 0 amide bonds. The third-order valence-corrected chi connectivity index (χ3v) is 4.18. The van der Waals surface area contributed by atoms with Crippen LogP contribution in [0.2, 0.25) is 0 Å². The number of carbonyl (C=O) groups excluding carboxylic acids is 1. The predicted molar refractivity (Wildman–Crippen MR) is 88.4 cm³/mol. The highest BCUT2D eigenvalue weighted by molar-refractivity contribution is 7.11. The van der Waals surface area contributed by atoms with Crippen LogP contribution in [0.4, 0.5) is 0 Å². The maximum Gasteiger partial charge on any atom is 0.367 e. The Bertz CT molecular complexity index is 713. The first-order chi connectivity index (χ1) is 11.7. The van der Waals surface area contributed by atoms with Crippen LogP contribution in [0.3, 0.4) is 0 Å². The first-order valence-electron chi connectivity index (χ1n) is 7.63. The number of esters is 1. The number of nitrogens with zero attached hydrogens (tertiary/aromatic N) is 2. The lowest BCUT2D eigenvalue weighted by Crippen LogP contribution is -2.22. The molecule has 0 bridgehead atoms. The number of ether oxygens (including phenoxy) is 1. The molecule has 0 saturated heterocycles. The summed E-state index contributed by atoms with van der Waals surface area (Å²) < 4.78 is 15.8. The largest absolute Gasteiger partial charge is 0.468 e. The average molecular weight is 346 g/mol. The number of hydrogen-bond acceptors (Lipinski definition) is 7. The molecule has 0 radical (unpaired) electrons. The van der Waals surface area contributed by atoms with Crippen molar-refractivity contribution in [3.63, 3.8) is 0 Å². The van der Waals surface area contributed by atoms with E-state index in [4.69, 9.17) is 13.6 Å². The van der Waals surface area contributed by atoms with Gasteiger partial charge in [-0.05, 0) is 31.2 Å². The summed E-state index contributed by atoms with van der Waals surface area (Å²) in [6, 6.07) is 7.59. The molecule has 3 aromatic rings. The van der Waals surface area contributed by atoms with Crippen molar-refractivity contribution in [1.29, 1.82) is 0 Å². The molecule has 24 heavy (non-hydrogen) atoms. The van der Waals surface area contributed by atoms with Crippen LogP contribution < -0.4 is 0 Å². The molecular weight excluding hydrogens is 328 g/mol. The average Bonchev–Trinajstić information content (AvgIpc) is 3.29. The molecule has 0 aliphatic carbocycles. The van der Waals surface area contributed by atoms with E-state index in [-0.39, 0.29) is 5.97 Å². The van der Waals surface area contributed by atoms with Crippen LogP contribution in [-0.2, 0) is 24.4 Å². The van der Waals surface area contributed by atoms with Crippen LogP contribution in [0.1, 0.15) is 33.9 Å². The Kier molecular flexibility index (Phi) is 5.45. The van der Waals surface area contributed by atoms with Gasteiger partial charge in [0.1, 0.15) is 11.5 Å². The van der Waals surface area contributed by atoms with Gasteiger partial charge in [-0.15, -0.1) is 11.3 Å². The van der Waals surface area contributed by atoms with Gasteiger partial charge in [0.25, 0.3) is 0 Å². The van der Waals surface area contributed by atoms with Gasteiger partial charge in [-0.25, -0.2) is 9.78 Å². The molecule has 3 aromatic heterocycles. The summed E-state index contributed by atoms with van der Waals surface area (Å²) in [5.74, 6) is 1.35. The Hall–Kier alpha value is -2.38. The van der Waals surface area contributed by atoms with Crippen LogP contribution in [0.5, 0.6) is 0 Å². The van der Waals surface area contributed by atoms with Crippen molar-refractivity contribution in [2.45, 2.75) is 26.6 Å². The fourth-order valence-electron chi connectivity index (χ4n) is 2.31. The molecule has 0 fully saturated rings. The number of aromatic nitrogens is 1. The minimum Gasteiger partial charge on any atom is -0.468 e. The monoisotopic (exact) mass is 346 g/mol. The lowest BCUT2D eigenvalue weighted by molar-refractivity contribution is 0.0525. The highest BCUT2D eigenvalue weighted by atomic mass is 32.1. The number of hydrogen-bond donors (Lipinski definition) is 0. The van der Waals surface area contributed by atoms with E-state index in [1.807, 2.05) is 29.6 Å². The summed E-state index contributed by atoms with van der Waals surface area (Å²) in [7, 11) is 0. The van der Waals surface area contributed by atoms with Crippen LogP contribution in [0.15, 0.2) is 51.0 Å². The molecule has 0 unspecified atom stereocenters. The lowest BCUT2D eigenvalue weighted by atomic mass is 10.3. The summed E-state index contributed by atoms with van der Waals surface area (Å²) in [6.07, 6.45) is 3.31. The maximum atomic E-state index is 11.7. The van der Waals surface area contributed by atoms with Crippen molar-refractivity contribution in [3.05, 3.63) is 64.4 Å². The van der Waals surface area contributed by atoms with E-state index in [0.29, 0.717) is 31.2 Å². The predicted octanol–water partition coefficient (Wildman–Crippen LogP) is 3.71. The van der Waals surface area contributed by atoms with Gasteiger partial charge in [0.15, 0.2) is 0 Å². The Labute approximate surface area is 143 Å². The number of rotatable bonds is 8. The van der Waals surface area contributed by atoms with E-state index in [1.165, 1.54) is 11.3 Å². The normalized spacial score (nSPS) is 11.1. The van der Waals surface area contributed by atoms with Crippen LogP contribution in [0.25, 0.3) is 0 Å². The molecular formula is C17H18N2O4S. The van der Waals surface area contributed by atoms with Gasteiger partial charge in [-0.1, -0.05) is 0 Å². The van der Waals surface area contributed by atoms with Gasteiger partial charge >= 0.3 is 5.97 Å². The van der Waals surface area contributed by atoms with Gasteiger partial charge in [-0.2, -0.15) is 0 Å². The van der Waals surface area contributed by atoms with Crippen molar-refractivity contribution < 1.29 is 18.4 Å². The summed E-state index contributed by atoms with van der Waals surface area (Å²) >= 11 is 1.30. The topological polar surface area (TPSA) is 68.7 Å². The third kappa shape index (κ3) is 4.33. The Morgan fingerprint density at radius 2 is 1.83 bits per heavy atom. The summed E-state index contributed by atoms with van der Waals surface area (Å²) in [6.45, 7) is 3.95. The lowest BCUT2D eigenvalue weighted by Gasteiger charge is -2.18. The molecule has 0 spiro atoms. The van der Waals surface area contributed by atoms with Crippen molar-refractivity contribution >= 4 is 17.3 Å². The fourth-order valence-corrected chi connectivity index (χ4v) is 3.01. The first kappa shape index (κ1) is 16.5. The second kappa shape index (κ2) is 7.94. The Morgan fingerprint density at radius 1 is 1.17 bits per heavy atom. The third-order valence-electron chi connectivity index (χ3n) is 3.31. The fraction of sp³-hybridized carbons (Fsp3) is 0.294. The van der Waals surface area contributed by atoms with Gasteiger partial charge in [-0.3, -0.25) is 4.90 Å². The summed E-state index contributed by atoms with van der Waals surface area (Å²) in [5.41, 5.74) is 0.821. The van der Waals surface area contributed by atoms with Crippen molar-refractivity contribution in [2.75, 3.05) is 6.61 Å². The summed E-state index contributed by atoms with van der Waals surface area (Å²) in [5, 5.41) is 2.26. The van der Waals surface area contributed by atoms with E-state index < -0.39 is 0 Å². The maximum absolute atomic E-state index is 11.7. The highest BCUT2D eigenvalue weighted by Crippen LogP contribution is 2.17. The molecule has 0 atom stereocenters. The zero-order valence-electron chi connectivity index (χ0n) is 13.3. The molecule has 0 aliphatic rings. The zero-order valence-corrected chi connectivity index (χ0v) is 14.1. The molecule has 0 aliphatic heterocycles. The summed E-state index contributed by atoms with van der Waals surface area (Å²) in [4.78, 5) is 18.2. The van der Waals surface area contributed by atoms with E-state index in [9.17, 15) is 4.79 Å². The molecule has 3 rings (SSSR count). The van der Waals surface area contributed by atoms with E-state index in [1.54, 1.807) is 19.5 Å². The molecule has 0 aromatic carbocycles. The van der Waals surface area contributed by atoms with E-state index in [0.717, 1.165) is 17.2 Å². The van der Waals surface area contributed by atoms with Crippen molar-refractivity contribution in [2.24, 2.45) is 0 Å². The van der Waals surface area contributed by atoms with Gasteiger partial charge in [0.2, 0.25) is 5.01 Å². The van der Waals surface area contributed by atoms with Crippen molar-refractivity contribution in [3.8, 4) is 0 Å². The van der Waals surface area contributed by atoms with E-state index in [2.05, 4.69) is 9.88 Å². The second-order valence-corrected chi connectivity index (χ2v) is 6.03. The van der Waals surface area contributed by atoms with E-state index >= 15 is 0 Å². The quantitative estimate of drug-likeness (QED) is 0.579. The minimum atomic E-state index is -0.377. The molecule has 0 N–H and O–H groups in total. The van der Waals surface area contributed by atoms with Gasteiger partial charge in [0, 0.05) is 11.9 Å². The smallest absolute Gasteiger partial charge is 0.367 e. The Morgan fingerprint density at radius 3 is 2.38 bits per heavy atom. The van der Waals surface area contributed by atoms with Gasteiger partial charge in [0.05, 0.1) is 37.9 Å². The second-order valence-electron chi connectivity index (χ2n) is 5.17. The first-order valence-corrected chi connectivity index (χ1v) is 8.51. The van der Waals surface area contributed by atoms with Crippen molar-refractivity contribution in [1.82, 2.24) is 9.88 Å². The van der Waals surface area contributed by atoms with Crippen LogP contribution >= 0.6 is 11.3 Å². The molecule has 6 nitrogen and oxygen atoms in total. The number of thiazole rings is 1. The SMILES string of the molecule is CCOC(=O)c1nc(CN(Cc2ccco2)Cc2ccco2)cs1. The molecule has 126 valence electrons. The highest BCUT2D eigenvalue weighted by Gasteiger charge is 2.16. The minimum absolute atomic E-state index is 0.344. The number of carbonyl (C=O) groups is 1. The number of furan rings is 2.